The van der Waals surface area contributed by atoms with Crippen LogP contribution in [0.25, 0.3) is 0 Å². The van der Waals surface area contributed by atoms with E-state index in [1.807, 2.05) is 24.3 Å². The zero-order valence-electron chi connectivity index (χ0n) is 14.9. The molecule has 0 atom stereocenters. The first-order chi connectivity index (χ1) is 12.3. The second kappa shape index (κ2) is 8.58. The van der Waals surface area contributed by atoms with Crippen LogP contribution in [0.5, 0.6) is 11.5 Å². The van der Waals surface area contributed by atoms with Crippen LogP contribution in [0.2, 0.25) is 0 Å². The highest BCUT2D eigenvalue weighted by atomic mass is 16.5. The molecule has 2 aromatic rings. The van der Waals surface area contributed by atoms with Gasteiger partial charge in [0.25, 0.3) is 0 Å². The normalized spacial score (nSPS) is 15.0. The number of benzene rings is 2. The van der Waals surface area contributed by atoms with E-state index < -0.39 is 0 Å². The van der Waals surface area contributed by atoms with E-state index in [1.165, 1.54) is 11.3 Å². The summed E-state index contributed by atoms with van der Waals surface area (Å²) in [5, 5.41) is 0. The monoisotopic (exact) mass is 338 g/mol. The summed E-state index contributed by atoms with van der Waals surface area (Å²) in [6.07, 6.45) is 1.78. The first kappa shape index (κ1) is 17.4. The topological polar surface area (TPSA) is 24.9 Å². The molecule has 1 aliphatic heterocycles. The van der Waals surface area contributed by atoms with Crippen molar-refractivity contribution >= 4 is 5.69 Å². The van der Waals surface area contributed by atoms with Crippen molar-refractivity contribution in [1.82, 2.24) is 4.90 Å². The lowest BCUT2D eigenvalue weighted by Crippen LogP contribution is -2.46. The smallest absolute Gasteiger partial charge is 0.124 e. The number of hydrogen-bond acceptors (Lipinski definition) is 4. The fourth-order valence-electron chi connectivity index (χ4n) is 3.12. The first-order valence-corrected chi connectivity index (χ1v) is 8.73. The molecule has 1 fully saturated rings. The third kappa shape index (κ3) is 4.54. The summed E-state index contributed by atoms with van der Waals surface area (Å²) in [6, 6.07) is 16.6. The molecule has 3 rings (SSSR count). The quantitative estimate of drug-likeness (QED) is 0.721. The van der Waals surface area contributed by atoms with Crippen molar-refractivity contribution in [2.45, 2.75) is 6.54 Å². The van der Waals surface area contributed by atoms with Crippen LogP contribution in [0.4, 0.5) is 5.69 Å². The average molecular weight is 338 g/mol. The van der Waals surface area contributed by atoms with Gasteiger partial charge in [0.2, 0.25) is 0 Å². The van der Waals surface area contributed by atoms with Crippen LogP contribution in [0.1, 0.15) is 5.56 Å². The van der Waals surface area contributed by atoms with Crippen molar-refractivity contribution in [1.29, 1.82) is 0 Å². The second-order valence-corrected chi connectivity index (χ2v) is 6.17. The molecule has 25 heavy (non-hydrogen) atoms. The third-order valence-corrected chi connectivity index (χ3v) is 4.53. The lowest BCUT2D eigenvalue weighted by Gasteiger charge is -2.36. The van der Waals surface area contributed by atoms with Gasteiger partial charge in [-0.05, 0) is 30.3 Å². The van der Waals surface area contributed by atoms with E-state index in [1.54, 1.807) is 13.2 Å². The van der Waals surface area contributed by atoms with Gasteiger partial charge in [0.15, 0.2) is 0 Å². The Hall–Kier alpha value is -2.46. The number of piperazine rings is 1. The number of nitrogens with zero attached hydrogens (tertiary/aromatic N) is 2. The zero-order chi connectivity index (χ0) is 17.5. The molecule has 0 aromatic heterocycles. The number of anilines is 1. The van der Waals surface area contributed by atoms with Crippen LogP contribution < -0.4 is 14.4 Å². The van der Waals surface area contributed by atoms with E-state index in [9.17, 15) is 0 Å². The van der Waals surface area contributed by atoms with E-state index in [2.05, 4.69) is 40.6 Å². The summed E-state index contributed by atoms with van der Waals surface area (Å²) in [6.45, 7) is 9.33. The highest BCUT2D eigenvalue weighted by Crippen LogP contribution is 2.23. The van der Waals surface area contributed by atoms with Crippen LogP contribution in [0.15, 0.2) is 61.2 Å². The van der Waals surface area contributed by atoms with E-state index in [0.717, 1.165) is 44.2 Å². The highest BCUT2D eigenvalue weighted by Gasteiger charge is 2.18. The molecule has 1 saturated heterocycles. The second-order valence-electron chi connectivity index (χ2n) is 6.17. The molecular weight excluding hydrogens is 312 g/mol. The Labute approximate surface area is 150 Å². The molecule has 1 aliphatic rings. The largest absolute Gasteiger partial charge is 0.497 e. The molecule has 0 spiro atoms. The van der Waals surface area contributed by atoms with Crippen LogP contribution in [-0.2, 0) is 6.54 Å². The molecule has 2 aromatic carbocycles. The van der Waals surface area contributed by atoms with Gasteiger partial charge in [0, 0.05) is 44.0 Å². The summed E-state index contributed by atoms with van der Waals surface area (Å²) in [5.41, 5.74) is 2.50. The zero-order valence-corrected chi connectivity index (χ0v) is 14.9. The number of methoxy groups -OCH3 is 1. The molecule has 132 valence electrons. The first-order valence-electron chi connectivity index (χ1n) is 8.73. The molecule has 0 aliphatic carbocycles. The summed E-state index contributed by atoms with van der Waals surface area (Å²) in [7, 11) is 1.70. The molecular formula is C21H26N2O2. The molecule has 0 bridgehead atoms. The summed E-state index contributed by atoms with van der Waals surface area (Å²) >= 11 is 0. The van der Waals surface area contributed by atoms with Gasteiger partial charge in [-0.1, -0.05) is 30.9 Å². The number of para-hydroxylation sites is 1. The van der Waals surface area contributed by atoms with Crippen molar-refractivity contribution in [3.63, 3.8) is 0 Å². The fraction of sp³-hybridized carbons (Fsp3) is 0.333. The fourth-order valence-corrected chi connectivity index (χ4v) is 3.12. The standard InChI is InChI=1S/C21H26N2O2/c1-3-16-25-21-7-5-4-6-18(21)17-22-12-14-23(15-13-22)19-8-10-20(24-2)11-9-19/h3-11H,1,12-17H2,2H3. The van der Waals surface area contributed by atoms with Gasteiger partial charge < -0.3 is 14.4 Å². The maximum absolute atomic E-state index is 5.77. The van der Waals surface area contributed by atoms with Crippen LogP contribution in [-0.4, -0.2) is 44.8 Å². The maximum Gasteiger partial charge on any atom is 0.124 e. The number of hydrogen-bond donors (Lipinski definition) is 0. The Bertz CT molecular complexity index is 677. The Balaban J connectivity index is 1.56. The summed E-state index contributed by atoms with van der Waals surface area (Å²) in [5.74, 6) is 1.86. The van der Waals surface area contributed by atoms with Gasteiger partial charge in [-0.3, -0.25) is 4.90 Å². The highest BCUT2D eigenvalue weighted by molar-refractivity contribution is 5.49. The van der Waals surface area contributed by atoms with Crippen LogP contribution in [0.3, 0.4) is 0 Å². The Morgan fingerprint density at radius 2 is 1.72 bits per heavy atom. The molecule has 4 heteroatoms. The SMILES string of the molecule is C=CCOc1ccccc1CN1CCN(c2ccc(OC)cc2)CC1. The lowest BCUT2D eigenvalue weighted by atomic mass is 10.1. The van der Waals surface area contributed by atoms with E-state index in [4.69, 9.17) is 9.47 Å². The minimum atomic E-state index is 0.544. The molecule has 0 unspecified atom stereocenters. The maximum atomic E-state index is 5.77. The molecule has 0 radical (unpaired) electrons. The molecule has 0 amide bonds. The van der Waals surface area contributed by atoms with Gasteiger partial charge in [-0.15, -0.1) is 0 Å². The predicted octanol–water partition coefficient (Wildman–Crippen LogP) is 3.58. The summed E-state index contributed by atoms with van der Waals surface area (Å²) < 4.78 is 11.0. The Morgan fingerprint density at radius 1 is 1.00 bits per heavy atom. The van der Waals surface area contributed by atoms with Crippen molar-refractivity contribution in [3.8, 4) is 11.5 Å². The van der Waals surface area contributed by atoms with Crippen molar-refractivity contribution in [2.75, 3.05) is 44.8 Å². The van der Waals surface area contributed by atoms with Gasteiger partial charge in [0.1, 0.15) is 18.1 Å². The predicted molar refractivity (Wildman–Crippen MR) is 103 cm³/mol. The number of ether oxygens (including phenoxy) is 2. The Kier molecular flexibility index (Phi) is 5.96. The average Bonchev–Trinajstić information content (AvgIpc) is 2.68. The van der Waals surface area contributed by atoms with Gasteiger partial charge >= 0.3 is 0 Å². The summed E-state index contributed by atoms with van der Waals surface area (Å²) in [4.78, 5) is 4.91. The lowest BCUT2D eigenvalue weighted by molar-refractivity contribution is 0.244. The van der Waals surface area contributed by atoms with Crippen LogP contribution in [0, 0.1) is 0 Å². The van der Waals surface area contributed by atoms with Gasteiger partial charge in [-0.2, -0.15) is 0 Å². The van der Waals surface area contributed by atoms with E-state index in [-0.39, 0.29) is 0 Å². The molecule has 0 N–H and O–H groups in total. The van der Waals surface area contributed by atoms with Gasteiger partial charge in [0.05, 0.1) is 7.11 Å². The number of rotatable bonds is 7. The van der Waals surface area contributed by atoms with E-state index >= 15 is 0 Å². The van der Waals surface area contributed by atoms with Crippen molar-refractivity contribution in [3.05, 3.63) is 66.7 Å². The molecule has 0 saturated carbocycles. The molecule has 4 nitrogen and oxygen atoms in total. The minimum Gasteiger partial charge on any atom is -0.497 e. The van der Waals surface area contributed by atoms with Gasteiger partial charge in [-0.25, -0.2) is 0 Å². The van der Waals surface area contributed by atoms with E-state index in [0.29, 0.717) is 6.61 Å². The Morgan fingerprint density at radius 3 is 2.40 bits per heavy atom. The minimum absolute atomic E-state index is 0.544. The molecule has 1 heterocycles. The van der Waals surface area contributed by atoms with Crippen molar-refractivity contribution in [2.24, 2.45) is 0 Å². The third-order valence-electron chi connectivity index (χ3n) is 4.53. The van der Waals surface area contributed by atoms with Crippen molar-refractivity contribution < 1.29 is 9.47 Å². The van der Waals surface area contributed by atoms with Crippen LogP contribution >= 0.6 is 0 Å².